The normalized spacial score (nSPS) is 14.2. The lowest BCUT2D eigenvalue weighted by Gasteiger charge is -2.26. The Labute approximate surface area is 162 Å². The predicted molar refractivity (Wildman–Crippen MR) is 99.7 cm³/mol. The molecule has 2 aromatic rings. The van der Waals surface area contributed by atoms with Crippen LogP contribution in [0.4, 0.5) is 0 Å². The van der Waals surface area contributed by atoms with E-state index in [-0.39, 0.29) is 30.4 Å². The first-order valence-electron chi connectivity index (χ1n) is 8.77. The van der Waals surface area contributed by atoms with Gasteiger partial charge in [-0.15, -0.1) is 0 Å². The molecule has 0 aliphatic carbocycles. The zero-order valence-corrected chi connectivity index (χ0v) is 16.6. The largest absolute Gasteiger partial charge is 0.350 e. The van der Waals surface area contributed by atoms with E-state index in [1.165, 1.54) is 14.1 Å². The third kappa shape index (κ3) is 4.39. The maximum atomic E-state index is 12.4. The van der Waals surface area contributed by atoms with Gasteiger partial charge in [-0.2, -0.15) is 10.2 Å². The van der Waals surface area contributed by atoms with Crippen molar-refractivity contribution in [2.45, 2.75) is 19.5 Å². The van der Waals surface area contributed by atoms with Crippen LogP contribution in [0.5, 0.6) is 0 Å². The summed E-state index contributed by atoms with van der Waals surface area (Å²) < 4.78 is 26.2. The van der Waals surface area contributed by atoms with E-state index in [0.717, 1.165) is 9.87 Å². The lowest BCUT2D eigenvalue weighted by atomic mass is 10.0. The fourth-order valence-corrected chi connectivity index (χ4v) is 3.64. The van der Waals surface area contributed by atoms with Crippen molar-refractivity contribution in [1.29, 1.82) is 0 Å². The highest BCUT2D eigenvalue weighted by molar-refractivity contribution is 7.89. The number of nitrogens with one attached hydrogen (secondary N) is 2. The SMILES string of the molecule is CN(C)S(=O)(=O)CCNC(=O)c1n[nH]c2c1CCN(C(=O)Cn1cccn1)C2. The van der Waals surface area contributed by atoms with E-state index in [1.54, 1.807) is 28.0 Å². The monoisotopic (exact) mass is 409 g/mol. The van der Waals surface area contributed by atoms with Crippen molar-refractivity contribution in [2.75, 3.05) is 32.9 Å². The molecule has 0 saturated carbocycles. The van der Waals surface area contributed by atoms with Gasteiger partial charge < -0.3 is 10.2 Å². The van der Waals surface area contributed by atoms with Gasteiger partial charge in [0.05, 0.1) is 18.0 Å². The van der Waals surface area contributed by atoms with Crippen LogP contribution in [-0.4, -0.2) is 82.4 Å². The van der Waals surface area contributed by atoms with Gasteiger partial charge >= 0.3 is 0 Å². The van der Waals surface area contributed by atoms with Crippen LogP contribution in [0.1, 0.15) is 21.7 Å². The zero-order chi connectivity index (χ0) is 20.3. The fourth-order valence-electron chi connectivity index (χ4n) is 2.91. The third-order valence-electron chi connectivity index (χ3n) is 4.56. The minimum atomic E-state index is -3.38. The Bertz CT molecular complexity index is 950. The van der Waals surface area contributed by atoms with Gasteiger partial charge in [-0.05, 0) is 12.5 Å². The number of sulfonamides is 1. The highest BCUT2D eigenvalue weighted by atomic mass is 32.2. The average Bonchev–Trinajstić information content (AvgIpc) is 3.30. The number of amides is 2. The van der Waals surface area contributed by atoms with Crippen molar-refractivity contribution in [2.24, 2.45) is 0 Å². The van der Waals surface area contributed by atoms with Crippen LogP contribution in [-0.2, 0) is 34.3 Å². The molecule has 28 heavy (non-hydrogen) atoms. The van der Waals surface area contributed by atoms with Crippen molar-refractivity contribution in [1.82, 2.24) is 34.5 Å². The Morgan fingerprint density at radius 3 is 2.82 bits per heavy atom. The molecule has 0 bridgehead atoms. The molecule has 11 nitrogen and oxygen atoms in total. The number of H-pyrrole nitrogens is 1. The molecule has 0 atom stereocenters. The Morgan fingerprint density at radius 2 is 2.14 bits per heavy atom. The molecule has 0 aromatic carbocycles. The summed E-state index contributed by atoms with van der Waals surface area (Å²) in [5, 5.41) is 13.5. The first-order chi connectivity index (χ1) is 13.3. The molecule has 3 heterocycles. The summed E-state index contributed by atoms with van der Waals surface area (Å²) in [5.74, 6) is -0.680. The van der Waals surface area contributed by atoms with E-state index in [0.29, 0.717) is 25.2 Å². The molecule has 0 saturated heterocycles. The lowest BCUT2D eigenvalue weighted by molar-refractivity contribution is -0.133. The molecule has 1 aliphatic rings. The van der Waals surface area contributed by atoms with E-state index >= 15 is 0 Å². The van der Waals surface area contributed by atoms with Crippen LogP contribution in [0, 0.1) is 0 Å². The molecular weight excluding hydrogens is 386 g/mol. The van der Waals surface area contributed by atoms with Gasteiger partial charge in [-0.1, -0.05) is 0 Å². The van der Waals surface area contributed by atoms with Gasteiger partial charge in [0, 0.05) is 45.1 Å². The minimum absolute atomic E-state index is 0.00450. The highest BCUT2D eigenvalue weighted by Gasteiger charge is 2.27. The van der Waals surface area contributed by atoms with Gasteiger partial charge in [0.25, 0.3) is 5.91 Å². The number of nitrogens with zero attached hydrogens (tertiary/aromatic N) is 5. The Balaban J connectivity index is 1.58. The topological polar surface area (TPSA) is 133 Å². The number of hydrogen-bond donors (Lipinski definition) is 2. The van der Waals surface area contributed by atoms with Gasteiger partial charge in [0.1, 0.15) is 6.54 Å². The number of carbonyl (C=O) groups excluding carboxylic acids is 2. The van der Waals surface area contributed by atoms with Crippen LogP contribution in [0.15, 0.2) is 18.5 Å². The molecule has 0 spiro atoms. The zero-order valence-electron chi connectivity index (χ0n) is 15.8. The third-order valence-corrected chi connectivity index (χ3v) is 6.39. The Hall–Kier alpha value is -2.73. The van der Waals surface area contributed by atoms with Crippen molar-refractivity contribution in [3.63, 3.8) is 0 Å². The molecule has 2 N–H and O–H groups in total. The number of hydrogen-bond acceptors (Lipinski definition) is 6. The molecule has 0 fully saturated rings. The Kier molecular flexibility index (Phi) is 5.79. The van der Waals surface area contributed by atoms with Gasteiger partial charge in [0.2, 0.25) is 15.9 Å². The second-order valence-electron chi connectivity index (χ2n) is 6.65. The van der Waals surface area contributed by atoms with Crippen molar-refractivity contribution < 1.29 is 18.0 Å². The van der Waals surface area contributed by atoms with E-state index in [2.05, 4.69) is 20.6 Å². The molecule has 1 aliphatic heterocycles. The fraction of sp³-hybridized carbons (Fsp3) is 0.500. The lowest BCUT2D eigenvalue weighted by Crippen LogP contribution is -2.38. The van der Waals surface area contributed by atoms with Gasteiger partial charge in [0.15, 0.2) is 5.69 Å². The van der Waals surface area contributed by atoms with Gasteiger partial charge in [-0.25, -0.2) is 12.7 Å². The van der Waals surface area contributed by atoms with Gasteiger partial charge in [-0.3, -0.25) is 19.4 Å². The van der Waals surface area contributed by atoms with Crippen LogP contribution >= 0.6 is 0 Å². The summed E-state index contributed by atoms with van der Waals surface area (Å²) in [6, 6.07) is 1.76. The molecule has 12 heteroatoms. The van der Waals surface area contributed by atoms with Crippen LogP contribution in [0.3, 0.4) is 0 Å². The first-order valence-corrected chi connectivity index (χ1v) is 10.4. The number of rotatable bonds is 7. The summed E-state index contributed by atoms with van der Waals surface area (Å²) >= 11 is 0. The quantitative estimate of drug-likeness (QED) is 0.591. The number of fused-ring (bicyclic) bond motifs is 1. The molecule has 0 unspecified atom stereocenters. The summed E-state index contributed by atoms with van der Waals surface area (Å²) in [6.45, 7) is 0.965. The molecule has 2 amide bonds. The van der Waals surface area contributed by atoms with Crippen molar-refractivity contribution in [3.8, 4) is 0 Å². The Morgan fingerprint density at radius 1 is 1.36 bits per heavy atom. The van der Waals surface area contributed by atoms with E-state index in [9.17, 15) is 18.0 Å². The summed E-state index contributed by atoms with van der Waals surface area (Å²) in [4.78, 5) is 26.5. The molecule has 152 valence electrons. The van der Waals surface area contributed by atoms with E-state index in [4.69, 9.17) is 0 Å². The second kappa shape index (κ2) is 8.10. The van der Waals surface area contributed by atoms with Crippen molar-refractivity contribution >= 4 is 21.8 Å². The molecule has 0 radical (unpaired) electrons. The predicted octanol–water partition coefficient (Wildman–Crippen LogP) is -1.19. The smallest absolute Gasteiger partial charge is 0.272 e. The number of carbonyl (C=O) groups is 2. The summed E-state index contributed by atoms with van der Waals surface area (Å²) in [7, 11) is -0.489. The maximum Gasteiger partial charge on any atom is 0.272 e. The second-order valence-corrected chi connectivity index (χ2v) is 8.95. The highest BCUT2D eigenvalue weighted by Crippen LogP contribution is 2.20. The molecule has 2 aromatic heterocycles. The number of aromatic amines is 1. The van der Waals surface area contributed by atoms with Crippen LogP contribution in [0.2, 0.25) is 0 Å². The average molecular weight is 409 g/mol. The van der Waals surface area contributed by atoms with Crippen LogP contribution < -0.4 is 5.32 Å². The number of aromatic nitrogens is 4. The van der Waals surface area contributed by atoms with E-state index in [1.807, 2.05) is 0 Å². The molecular formula is C16H23N7O4S. The maximum absolute atomic E-state index is 12.4. The minimum Gasteiger partial charge on any atom is -0.350 e. The molecule has 3 rings (SSSR count). The van der Waals surface area contributed by atoms with E-state index < -0.39 is 15.9 Å². The summed E-state index contributed by atoms with van der Waals surface area (Å²) in [5.41, 5.74) is 1.72. The first kappa shape index (κ1) is 20.0. The van der Waals surface area contributed by atoms with Crippen LogP contribution in [0.25, 0.3) is 0 Å². The standard InChI is InChI=1S/C16H23N7O4S/c1-21(2)28(26,27)9-6-17-16(25)15-12-4-8-22(10-13(12)19-20-15)14(24)11-23-7-3-5-18-23/h3,5,7H,4,6,8-11H2,1-2H3,(H,17,25)(H,19,20). The summed E-state index contributed by atoms with van der Waals surface area (Å²) in [6.07, 6.45) is 3.84. The van der Waals surface area contributed by atoms with Crippen molar-refractivity contribution in [3.05, 3.63) is 35.4 Å².